The fourth-order valence-electron chi connectivity index (χ4n) is 3.08. The Hall–Kier alpha value is -2.76. The number of thioether (sulfide) groups is 1. The van der Waals surface area contributed by atoms with E-state index in [2.05, 4.69) is 20.5 Å². The summed E-state index contributed by atoms with van der Waals surface area (Å²) in [6, 6.07) is 12.7. The normalized spacial score (nSPS) is 12.7. The van der Waals surface area contributed by atoms with Crippen molar-refractivity contribution in [2.45, 2.75) is 41.8 Å². The number of benzene rings is 2. The quantitative estimate of drug-likeness (QED) is 0.379. The first-order valence-electron chi connectivity index (χ1n) is 10.1. The number of aromatic nitrogens is 4. The van der Waals surface area contributed by atoms with Crippen molar-refractivity contribution in [1.29, 1.82) is 0 Å². The van der Waals surface area contributed by atoms with E-state index in [0.29, 0.717) is 16.1 Å². The Bertz CT molecular complexity index is 1430. The second kappa shape index (κ2) is 9.24. The summed E-state index contributed by atoms with van der Waals surface area (Å²) in [5, 5.41) is 11.5. The lowest BCUT2D eigenvalue weighted by Gasteiger charge is -2.10. The van der Waals surface area contributed by atoms with Gasteiger partial charge in [0.2, 0.25) is 5.91 Å². The standard InChI is InChI=1S/C22H23N5O3S3/c1-13-5-8-16(9-6-13)33(29,30)12-19-25-26-22(27(19)4)31-15(3)20(28)24-21-23-17-10-7-14(2)11-18(17)32-21/h5-11,15H,12H2,1-4H3,(H,23,24,28). The van der Waals surface area contributed by atoms with Crippen molar-refractivity contribution in [3.05, 3.63) is 59.4 Å². The van der Waals surface area contributed by atoms with E-state index in [1.54, 1.807) is 42.8 Å². The largest absolute Gasteiger partial charge is 0.308 e. The molecule has 0 aliphatic carbocycles. The molecule has 4 rings (SSSR count). The van der Waals surface area contributed by atoms with Crippen LogP contribution in [0.5, 0.6) is 0 Å². The molecule has 1 amide bonds. The monoisotopic (exact) mass is 501 g/mol. The molecule has 2 aromatic carbocycles. The molecule has 0 radical (unpaired) electrons. The average molecular weight is 502 g/mol. The van der Waals surface area contributed by atoms with Crippen molar-refractivity contribution < 1.29 is 13.2 Å². The van der Waals surface area contributed by atoms with Crippen molar-refractivity contribution >= 4 is 54.2 Å². The number of rotatable bonds is 7. The first-order valence-corrected chi connectivity index (χ1v) is 13.5. The Morgan fingerprint density at radius 1 is 1.12 bits per heavy atom. The van der Waals surface area contributed by atoms with Crippen LogP contribution in [0, 0.1) is 13.8 Å². The Labute approximate surface area is 200 Å². The van der Waals surface area contributed by atoms with Crippen LogP contribution in [0.3, 0.4) is 0 Å². The van der Waals surface area contributed by atoms with Gasteiger partial charge in [0.15, 0.2) is 20.1 Å². The molecule has 1 unspecified atom stereocenters. The smallest absolute Gasteiger partial charge is 0.239 e. The van der Waals surface area contributed by atoms with Crippen LogP contribution in [-0.4, -0.2) is 39.3 Å². The molecule has 0 aliphatic heterocycles. The van der Waals surface area contributed by atoms with Gasteiger partial charge in [-0.25, -0.2) is 13.4 Å². The third-order valence-electron chi connectivity index (χ3n) is 5.05. The van der Waals surface area contributed by atoms with Crippen LogP contribution in [0.1, 0.15) is 23.9 Å². The summed E-state index contributed by atoms with van der Waals surface area (Å²) in [4.78, 5) is 17.4. The third-order valence-corrected chi connectivity index (χ3v) is 8.75. The van der Waals surface area contributed by atoms with Crippen LogP contribution < -0.4 is 5.32 Å². The summed E-state index contributed by atoms with van der Waals surface area (Å²) >= 11 is 2.63. The Kier molecular flexibility index (Phi) is 6.55. The summed E-state index contributed by atoms with van der Waals surface area (Å²) in [5.74, 6) is -0.175. The lowest BCUT2D eigenvalue weighted by molar-refractivity contribution is -0.115. The molecule has 33 heavy (non-hydrogen) atoms. The number of sulfone groups is 1. The number of nitrogens with zero attached hydrogens (tertiary/aromatic N) is 4. The predicted molar refractivity (Wildman–Crippen MR) is 131 cm³/mol. The van der Waals surface area contributed by atoms with E-state index in [1.807, 2.05) is 32.0 Å². The summed E-state index contributed by atoms with van der Waals surface area (Å²) < 4.78 is 28.1. The van der Waals surface area contributed by atoms with Gasteiger partial charge < -0.3 is 9.88 Å². The van der Waals surface area contributed by atoms with Crippen LogP contribution in [0.15, 0.2) is 52.5 Å². The highest BCUT2D eigenvalue weighted by atomic mass is 32.2. The molecule has 0 fully saturated rings. The summed E-state index contributed by atoms with van der Waals surface area (Å²) in [6.07, 6.45) is 0. The van der Waals surface area contributed by atoms with Crippen LogP contribution in [0.2, 0.25) is 0 Å². The molecule has 1 atom stereocenters. The number of thiazole rings is 1. The van der Waals surface area contributed by atoms with Gasteiger partial charge in [0.1, 0.15) is 11.6 Å². The molecule has 2 aromatic heterocycles. The van der Waals surface area contributed by atoms with E-state index in [1.165, 1.54) is 23.1 Å². The van der Waals surface area contributed by atoms with Gasteiger partial charge in [-0.15, -0.1) is 10.2 Å². The van der Waals surface area contributed by atoms with Gasteiger partial charge >= 0.3 is 0 Å². The number of fused-ring (bicyclic) bond motifs is 1. The first-order chi connectivity index (χ1) is 15.6. The fourth-order valence-corrected chi connectivity index (χ4v) is 6.19. The summed E-state index contributed by atoms with van der Waals surface area (Å²) in [5.41, 5.74) is 2.96. The number of anilines is 1. The van der Waals surface area contributed by atoms with E-state index in [-0.39, 0.29) is 16.6 Å². The third kappa shape index (κ3) is 5.26. The number of carbonyl (C=O) groups is 1. The van der Waals surface area contributed by atoms with Gasteiger partial charge in [0.25, 0.3) is 0 Å². The Morgan fingerprint density at radius 2 is 1.82 bits per heavy atom. The minimum absolute atomic E-state index is 0.215. The maximum atomic E-state index is 12.7. The molecular formula is C22H23N5O3S3. The van der Waals surface area contributed by atoms with Gasteiger partial charge in [-0.1, -0.05) is 46.9 Å². The van der Waals surface area contributed by atoms with Crippen LogP contribution in [0.4, 0.5) is 5.13 Å². The predicted octanol–water partition coefficient (Wildman–Crippen LogP) is 4.13. The van der Waals surface area contributed by atoms with Gasteiger partial charge in [-0.2, -0.15) is 0 Å². The second-order valence-corrected chi connectivity index (χ2v) is 12.1. The number of hydrogen-bond donors (Lipinski definition) is 1. The highest BCUT2D eigenvalue weighted by Gasteiger charge is 2.23. The molecule has 0 aliphatic rings. The number of hydrogen-bond acceptors (Lipinski definition) is 8. The molecule has 0 bridgehead atoms. The second-order valence-electron chi connectivity index (χ2n) is 7.77. The number of amides is 1. The molecule has 172 valence electrons. The number of aryl methyl sites for hydroxylation is 2. The molecule has 0 saturated heterocycles. The van der Waals surface area contributed by atoms with Crippen LogP contribution in [0.25, 0.3) is 10.2 Å². The van der Waals surface area contributed by atoms with E-state index in [9.17, 15) is 13.2 Å². The molecule has 0 spiro atoms. The van der Waals surface area contributed by atoms with Crippen molar-refractivity contribution in [3.63, 3.8) is 0 Å². The van der Waals surface area contributed by atoms with Gasteiger partial charge in [0.05, 0.1) is 20.4 Å². The number of carbonyl (C=O) groups excluding carboxylic acids is 1. The maximum Gasteiger partial charge on any atom is 0.239 e. The minimum Gasteiger partial charge on any atom is -0.308 e. The van der Waals surface area contributed by atoms with Crippen LogP contribution in [-0.2, 0) is 27.4 Å². The fraction of sp³-hybridized carbons (Fsp3) is 0.273. The van der Waals surface area contributed by atoms with Gasteiger partial charge in [0, 0.05) is 7.05 Å². The highest BCUT2D eigenvalue weighted by molar-refractivity contribution is 8.00. The van der Waals surface area contributed by atoms with E-state index in [0.717, 1.165) is 21.3 Å². The molecular weight excluding hydrogens is 478 g/mol. The Balaban J connectivity index is 1.43. The van der Waals surface area contributed by atoms with Crippen molar-refractivity contribution in [3.8, 4) is 0 Å². The summed E-state index contributed by atoms with van der Waals surface area (Å²) in [6.45, 7) is 5.67. The maximum absolute atomic E-state index is 12.7. The van der Waals surface area contributed by atoms with E-state index < -0.39 is 15.1 Å². The zero-order chi connectivity index (χ0) is 23.8. The van der Waals surface area contributed by atoms with E-state index >= 15 is 0 Å². The molecule has 1 N–H and O–H groups in total. The Morgan fingerprint density at radius 3 is 2.55 bits per heavy atom. The highest BCUT2D eigenvalue weighted by Crippen LogP contribution is 2.28. The molecule has 8 nitrogen and oxygen atoms in total. The van der Waals surface area contributed by atoms with E-state index in [4.69, 9.17) is 0 Å². The minimum atomic E-state index is -3.56. The lowest BCUT2D eigenvalue weighted by atomic mass is 10.2. The number of nitrogens with one attached hydrogen (secondary N) is 1. The molecule has 0 saturated carbocycles. The first kappa shape index (κ1) is 23.4. The average Bonchev–Trinajstić information content (AvgIpc) is 3.31. The molecule has 11 heteroatoms. The lowest BCUT2D eigenvalue weighted by Crippen LogP contribution is -2.22. The topological polar surface area (TPSA) is 107 Å². The zero-order valence-corrected chi connectivity index (χ0v) is 21.0. The SMILES string of the molecule is Cc1ccc(S(=O)(=O)Cc2nnc(SC(C)C(=O)Nc3nc4ccc(C)cc4s3)n2C)cc1. The van der Waals surface area contributed by atoms with Crippen LogP contribution >= 0.6 is 23.1 Å². The molecule has 4 aromatic rings. The van der Waals surface area contributed by atoms with Crippen molar-refractivity contribution in [1.82, 2.24) is 19.7 Å². The van der Waals surface area contributed by atoms with Crippen molar-refractivity contribution in [2.75, 3.05) is 5.32 Å². The van der Waals surface area contributed by atoms with Gasteiger partial charge in [-0.05, 0) is 50.6 Å². The van der Waals surface area contributed by atoms with Crippen molar-refractivity contribution in [2.24, 2.45) is 7.05 Å². The zero-order valence-electron chi connectivity index (χ0n) is 18.6. The van der Waals surface area contributed by atoms with Gasteiger partial charge in [-0.3, -0.25) is 4.79 Å². The molecule has 2 heterocycles. The summed E-state index contributed by atoms with van der Waals surface area (Å²) in [7, 11) is -1.86.